The zero-order valence-electron chi connectivity index (χ0n) is 69.2. The minimum atomic E-state index is -0.822. The standard InChI is InChI=1S/C22H28N8O.C18H20N8.C17H18FN5.C15H16FN5.C14H14FN5O/c1-22(2,3)17-11-18(28-29(17)4)25-19-15-12-23-30(5)20(15)27-21(26-19)24-16(13-31)14-9-7-6-8-10-14;1-12-9-15(24-25(12)2)21-16-14-11-20-26(3)17(14)23-18(22-16)19-10-13-7-5-4-6-8-13;18-17-21-15(19-10-12-6-2-1-3-7-12)14-16(22-17)23(11-20-14)13-8-4-5-9-13;1-10(2)21-9-18-12-13(19-15(16)20-14(12)21)17-8-11-6-4-3-5-7-11;15-14-18-12(16-8-10-4-2-1-3-5-10)11-13(19-14)20(6-7-21)9-17-11/h6-12,16,31H,13H2,1-5H3,(H2,24,25,26,27,28);4-9,11H,10H2,1-3H3,(H2,19,21,22,23,24);1-3,6-7,11,13H,4-5,8-10H2,(H,19,21,22);3-7,9-10H,8H2,1-2H3,(H,17,19,20);1-5,9,21H,6-8H2,(H,16,18,19)/t16-;;;;/m1..../s1. The van der Waals surface area contributed by atoms with E-state index in [4.69, 9.17) is 5.11 Å². The summed E-state index contributed by atoms with van der Waals surface area (Å²) in [5.74, 6) is 4.87. The number of anilines is 9. The van der Waals surface area contributed by atoms with Gasteiger partial charge in [-0.05, 0) is 61.4 Å². The highest BCUT2D eigenvalue weighted by atomic mass is 19.1. The first kappa shape index (κ1) is 84.0. The van der Waals surface area contributed by atoms with Crippen molar-refractivity contribution in [2.75, 3.05) is 50.4 Å². The predicted octanol–water partition coefficient (Wildman–Crippen LogP) is 14.5. The molecule has 0 unspecified atom stereocenters. The average Bonchev–Trinajstić information content (AvgIpc) is 1.63. The van der Waals surface area contributed by atoms with Crippen LogP contribution in [0, 0.1) is 25.2 Å². The van der Waals surface area contributed by atoms with Crippen LogP contribution in [0.3, 0.4) is 0 Å². The van der Waals surface area contributed by atoms with Crippen molar-refractivity contribution < 1.29 is 23.4 Å². The van der Waals surface area contributed by atoms with E-state index in [9.17, 15) is 18.3 Å². The van der Waals surface area contributed by atoms with Crippen molar-refractivity contribution in [2.45, 2.75) is 123 Å². The molecule has 12 heterocycles. The molecule has 17 aromatic rings. The van der Waals surface area contributed by atoms with E-state index in [0.717, 1.165) is 74.3 Å². The molecular weight excluding hydrogens is 1560 g/mol. The summed E-state index contributed by atoms with van der Waals surface area (Å²) < 4.78 is 53.6. The average molecular weight is 1650 g/mol. The number of imidazole rings is 3. The smallest absolute Gasteiger partial charge is 0.312 e. The molecule has 0 spiro atoms. The lowest BCUT2D eigenvalue weighted by molar-refractivity contribution is 0.276. The SMILES string of the molecule is CC(C)n1cnc2c(NCc3ccccc3)nc(F)nc21.Cc1cc(Nc2nc(NCc3ccccc3)nc3c2cnn3C)nn1C.Cn1nc(Nc2nc(N[C@H](CO)c3ccccc3)nc3c2cnn3C)cc1C(C)(C)C.Fc1nc(NCc2ccccc2)c2ncn(C3CCCC3)c2n1.OCCn1cnc2c(NCc3ccccc3)nc(F)nc21. The zero-order valence-corrected chi connectivity index (χ0v) is 69.2. The molecule has 9 N–H and O–H groups in total. The quantitative estimate of drug-likeness (QED) is 0.0254. The maximum atomic E-state index is 13.9. The number of fused-ring (bicyclic) bond motifs is 5. The van der Waals surface area contributed by atoms with Crippen LogP contribution in [0.4, 0.5) is 65.8 Å². The fourth-order valence-electron chi connectivity index (χ4n) is 13.8. The molecule has 1 atom stereocenters. The van der Waals surface area contributed by atoms with Crippen LogP contribution in [0.15, 0.2) is 195 Å². The van der Waals surface area contributed by atoms with Gasteiger partial charge in [-0.2, -0.15) is 83.4 Å². The monoisotopic (exact) mass is 1650 g/mol. The number of benzene rings is 5. The Morgan fingerprint density at radius 1 is 0.459 bits per heavy atom. The van der Waals surface area contributed by atoms with Crippen LogP contribution in [0.25, 0.3) is 55.6 Å². The van der Waals surface area contributed by atoms with Gasteiger partial charge >= 0.3 is 18.2 Å². The number of nitrogens with zero attached hydrogens (tertiary/aromatic N) is 24. The van der Waals surface area contributed by atoms with Crippen molar-refractivity contribution >= 4 is 108 Å². The Morgan fingerprint density at radius 3 is 1.37 bits per heavy atom. The molecule has 5 aromatic carbocycles. The number of hydrogen-bond acceptors (Lipinski definition) is 26. The van der Waals surface area contributed by atoms with E-state index in [-0.39, 0.29) is 30.7 Å². The van der Waals surface area contributed by atoms with Crippen LogP contribution in [0.5, 0.6) is 0 Å². The first-order chi connectivity index (χ1) is 59.1. The Bertz CT molecular complexity index is 6280. The topological polar surface area (TPSA) is 378 Å². The van der Waals surface area contributed by atoms with Crippen molar-refractivity contribution in [2.24, 2.45) is 28.2 Å². The lowest BCUT2D eigenvalue weighted by Gasteiger charge is -2.17. The van der Waals surface area contributed by atoms with Gasteiger partial charge in [0.05, 0.1) is 61.4 Å². The number of rotatable bonds is 24. The van der Waals surface area contributed by atoms with Crippen LogP contribution in [0.1, 0.15) is 118 Å². The molecule has 0 radical (unpaired) electrons. The fraction of sp³-hybridized carbons (Fsp3) is 0.291. The van der Waals surface area contributed by atoms with Crippen molar-refractivity contribution in [1.29, 1.82) is 0 Å². The Balaban J connectivity index is 0.000000125. The molecule has 122 heavy (non-hydrogen) atoms. The second kappa shape index (κ2) is 38.5. The Kier molecular flexibility index (Phi) is 26.5. The Hall–Kier alpha value is -14.4. The molecule has 1 aliphatic rings. The Labute approximate surface area is 700 Å². The maximum absolute atomic E-state index is 13.9. The molecule has 0 saturated heterocycles. The molecular formula is C86H96F3N31O2. The maximum Gasteiger partial charge on any atom is 0.312 e. The first-order valence-corrected chi connectivity index (χ1v) is 39.9. The Morgan fingerprint density at radius 2 is 0.893 bits per heavy atom. The van der Waals surface area contributed by atoms with Gasteiger partial charge in [-0.1, -0.05) is 185 Å². The van der Waals surface area contributed by atoms with Gasteiger partial charge in [0, 0.05) is 102 Å². The van der Waals surface area contributed by atoms with E-state index in [1.807, 2.05) is 219 Å². The predicted molar refractivity (Wildman–Crippen MR) is 465 cm³/mol. The van der Waals surface area contributed by atoms with Gasteiger partial charge in [0.25, 0.3) is 0 Å². The van der Waals surface area contributed by atoms with Crippen LogP contribution >= 0.6 is 0 Å². The van der Waals surface area contributed by atoms with Gasteiger partial charge < -0.3 is 61.1 Å². The largest absolute Gasteiger partial charge is 0.395 e. The summed E-state index contributed by atoms with van der Waals surface area (Å²) in [7, 11) is 7.55. The van der Waals surface area contributed by atoms with Crippen LogP contribution in [0.2, 0.25) is 0 Å². The lowest BCUT2D eigenvalue weighted by Crippen LogP contribution is -2.17. The number of hydrogen-bond donors (Lipinski definition) is 9. The van der Waals surface area contributed by atoms with Gasteiger partial charge in [-0.25, -0.2) is 15.0 Å². The number of aliphatic hydroxyl groups is 2. The molecule has 18 rings (SSSR count). The molecule has 1 saturated carbocycles. The second-order valence-corrected chi connectivity index (χ2v) is 30.3. The van der Waals surface area contributed by atoms with Crippen molar-refractivity contribution in [1.82, 2.24) is 118 Å². The number of aliphatic hydroxyl groups excluding tert-OH is 2. The molecule has 1 fully saturated rings. The fourth-order valence-corrected chi connectivity index (χ4v) is 13.8. The molecule has 36 heteroatoms. The highest BCUT2D eigenvalue weighted by Gasteiger charge is 2.25. The number of nitrogens with one attached hydrogen (secondary N) is 7. The third kappa shape index (κ3) is 20.6. The minimum Gasteiger partial charge on any atom is -0.395 e. The molecule has 0 aliphatic heterocycles. The summed E-state index contributed by atoms with van der Waals surface area (Å²) in [6, 6.07) is 53.6. The van der Waals surface area contributed by atoms with Gasteiger partial charge in [-0.15, -0.1) is 0 Å². The third-order valence-corrected chi connectivity index (χ3v) is 20.2. The van der Waals surface area contributed by atoms with E-state index in [1.54, 1.807) is 39.0 Å². The van der Waals surface area contributed by atoms with Crippen LogP contribution in [-0.4, -0.2) is 141 Å². The van der Waals surface area contributed by atoms with Crippen molar-refractivity contribution in [3.8, 4) is 0 Å². The van der Waals surface area contributed by atoms with E-state index in [0.29, 0.717) is 125 Å². The normalized spacial score (nSPS) is 12.3. The van der Waals surface area contributed by atoms with Gasteiger partial charge in [0.15, 0.2) is 73.9 Å². The summed E-state index contributed by atoms with van der Waals surface area (Å²) in [6.07, 6.45) is 10.8. The summed E-state index contributed by atoms with van der Waals surface area (Å²) >= 11 is 0. The summed E-state index contributed by atoms with van der Waals surface area (Å²) in [6.45, 7) is 14.9. The summed E-state index contributed by atoms with van der Waals surface area (Å²) in [5.41, 5.74) is 12.1. The van der Waals surface area contributed by atoms with E-state index in [1.165, 1.54) is 19.2 Å². The zero-order chi connectivity index (χ0) is 85.4. The minimum absolute atomic E-state index is 0.0340. The molecule has 33 nitrogen and oxygen atoms in total. The number of aromatic nitrogens is 24. The van der Waals surface area contributed by atoms with Crippen LogP contribution < -0.4 is 37.2 Å². The molecule has 12 aromatic heterocycles. The first-order valence-electron chi connectivity index (χ1n) is 39.9. The van der Waals surface area contributed by atoms with Crippen molar-refractivity contribution in [3.05, 3.63) is 253 Å². The highest BCUT2D eigenvalue weighted by Crippen LogP contribution is 2.35. The molecule has 0 bridgehead atoms. The second-order valence-electron chi connectivity index (χ2n) is 30.3. The van der Waals surface area contributed by atoms with E-state index < -0.39 is 18.2 Å². The van der Waals surface area contributed by atoms with Gasteiger partial charge in [0.1, 0.15) is 11.6 Å². The summed E-state index contributed by atoms with van der Waals surface area (Å²) in [4.78, 5) is 54.5. The molecule has 1 aliphatic carbocycles. The van der Waals surface area contributed by atoms with Gasteiger partial charge in [-0.3, -0.25) is 18.7 Å². The molecule has 0 amide bonds. The van der Waals surface area contributed by atoms with Crippen molar-refractivity contribution in [3.63, 3.8) is 0 Å². The lowest BCUT2D eigenvalue weighted by atomic mass is 9.92. The van der Waals surface area contributed by atoms with E-state index >= 15 is 0 Å². The number of halogens is 3. The molecule has 628 valence electrons. The summed E-state index contributed by atoms with van der Waals surface area (Å²) in [5, 5.41) is 60.7. The van der Waals surface area contributed by atoms with E-state index in [2.05, 4.69) is 155 Å². The third-order valence-electron chi connectivity index (χ3n) is 20.2. The van der Waals surface area contributed by atoms with Crippen LogP contribution in [-0.2, 0) is 66.3 Å². The van der Waals surface area contributed by atoms with Gasteiger partial charge in [0.2, 0.25) is 11.9 Å². The number of aryl methyl sites for hydroxylation is 5. The highest BCUT2D eigenvalue weighted by molar-refractivity contribution is 5.91.